The topological polar surface area (TPSA) is 67.2 Å². The summed E-state index contributed by atoms with van der Waals surface area (Å²) in [6.45, 7) is 0. The van der Waals surface area contributed by atoms with Gasteiger partial charge in [0, 0.05) is 17.8 Å². The van der Waals surface area contributed by atoms with E-state index >= 15 is 0 Å². The number of amides is 1. The van der Waals surface area contributed by atoms with Crippen molar-refractivity contribution >= 4 is 34.8 Å². The molecule has 114 valence electrons. The number of fused-ring (bicyclic) bond motifs is 1. The Hall–Kier alpha value is -2.73. The molecular formula is C17H14N4OS. The number of pyridine rings is 2. The number of thioether (sulfide) groups is 1. The standard InChI is InChI=1S/C17H14N4OS/c22-16(21-19-11-13-7-9-18-10-8-13)12-23-17-6-5-14-3-1-2-4-15(14)20-17/h1-11H,12H2,(H,21,22). The van der Waals surface area contributed by atoms with E-state index in [1.165, 1.54) is 11.8 Å². The van der Waals surface area contributed by atoms with Gasteiger partial charge in [-0.3, -0.25) is 9.78 Å². The lowest BCUT2D eigenvalue weighted by Gasteiger charge is -2.02. The summed E-state index contributed by atoms with van der Waals surface area (Å²) in [6.07, 6.45) is 4.92. The summed E-state index contributed by atoms with van der Waals surface area (Å²) < 4.78 is 0. The van der Waals surface area contributed by atoms with Gasteiger partial charge >= 0.3 is 0 Å². The van der Waals surface area contributed by atoms with Gasteiger partial charge in [-0.1, -0.05) is 36.0 Å². The molecule has 3 rings (SSSR count). The second kappa shape index (κ2) is 7.51. The monoisotopic (exact) mass is 322 g/mol. The normalized spacial score (nSPS) is 11.0. The number of aromatic nitrogens is 2. The van der Waals surface area contributed by atoms with Crippen molar-refractivity contribution in [3.8, 4) is 0 Å². The van der Waals surface area contributed by atoms with Crippen molar-refractivity contribution in [2.75, 3.05) is 5.75 Å². The SMILES string of the molecule is O=C(CSc1ccc2ccccc2n1)NN=Cc1ccncc1. The lowest BCUT2D eigenvalue weighted by atomic mass is 10.2. The van der Waals surface area contributed by atoms with Gasteiger partial charge in [-0.2, -0.15) is 5.10 Å². The Morgan fingerprint density at radius 3 is 2.83 bits per heavy atom. The maximum absolute atomic E-state index is 11.8. The number of nitrogens with one attached hydrogen (secondary N) is 1. The Morgan fingerprint density at radius 2 is 1.96 bits per heavy atom. The highest BCUT2D eigenvalue weighted by molar-refractivity contribution is 7.99. The lowest BCUT2D eigenvalue weighted by molar-refractivity contribution is -0.118. The minimum atomic E-state index is -0.171. The molecule has 0 radical (unpaired) electrons. The molecule has 1 aromatic carbocycles. The Kier molecular flexibility index (Phi) is 4.95. The van der Waals surface area contributed by atoms with E-state index in [-0.39, 0.29) is 11.7 Å². The van der Waals surface area contributed by atoms with Crippen LogP contribution in [-0.2, 0) is 4.79 Å². The molecule has 0 aliphatic heterocycles. The van der Waals surface area contributed by atoms with E-state index in [0.29, 0.717) is 0 Å². The summed E-state index contributed by atoms with van der Waals surface area (Å²) in [5.74, 6) is 0.0919. The molecule has 23 heavy (non-hydrogen) atoms. The molecule has 0 atom stereocenters. The molecule has 5 nitrogen and oxygen atoms in total. The zero-order valence-corrected chi connectivity index (χ0v) is 13.0. The summed E-state index contributed by atoms with van der Waals surface area (Å²) in [5.41, 5.74) is 4.30. The highest BCUT2D eigenvalue weighted by Crippen LogP contribution is 2.19. The van der Waals surface area contributed by atoms with Crippen LogP contribution in [0.4, 0.5) is 0 Å². The van der Waals surface area contributed by atoms with E-state index in [2.05, 4.69) is 20.5 Å². The smallest absolute Gasteiger partial charge is 0.250 e. The molecule has 2 heterocycles. The van der Waals surface area contributed by atoms with Crippen molar-refractivity contribution in [2.24, 2.45) is 5.10 Å². The molecule has 0 fully saturated rings. The van der Waals surface area contributed by atoms with Gasteiger partial charge in [0.1, 0.15) is 0 Å². The molecule has 0 aliphatic carbocycles. The van der Waals surface area contributed by atoms with Gasteiger partial charge in [-0.15, -0.1) is 0 Å². The number of para-hydroxylation sites is 1. The van der Waals surface area contributed by atoms with E-state index in [1.54, 1.807) is 18.6 Å². The fraction of sp³-hybridized carbons (Fsp3) is 0.0588. The number of carbonyl (C=O) groups is 1. The van der Waals surface area contributed by atoms with Crippen LogP contribution in [0, 0.1) is 0 Å². The van der Waals surface area contributed by atoms with Gasteiger partial charge in [-0.25, -0.2) is 10.4 Å². The quantitative estimate of drug-likeness (QED) is 0.445. The molecule has 0 saturated carbocycles. The molecule has 6 heteroatoms. The van der Waals surface area contributed by atoms with E-state index in [0.717, 1.165) is 21.5 Å². The molecule has 3 aromatic rings. The van der Waals surface area contributed by atoms with Gasteiger partial charge in [0.05, 0.1) is 22.5 Å². The third-order valence-electron chi connectivity index (χ3n) is 3.03. The van der Waals surface area contributed by atoms with E-state index < -0.39 is 0 Å². The van der Waals surface area contributed by atoms with Crippen LogP contribution in [0.15, 0.2) is 71.1 Å². The minimum absolute atomic E-state index is 0.171. The second-order valence-electron chi connectivity index (χ2n) is 4.70. The Morgan fingerprint density at radius 1 is 1.13 bits per heavy atom. The molecule has 2 aromatic heterocycles. The number of carbonyl (C=O) groups excluding carboxylic acids is 1. The Balaban J connectivity index is 1.52. The second-order valence-corrected chi connectivity index (χ2v) is 5.70. The Labute approximate surface area is 137 Å². The van der Waals surface area contributed by atoms with E-state index in [4.69, 9.17) is 0 Å². The molecule has 0 saturated heterocycles. The number of benzene rings is 1. The van der Waals surface area contributed by atoms with Crippen LogP contribution in [0.2, 0.25) is 0 Å². The molecule has 0 bridgehead atoms. The summed E-state index contributed by atoms with van der Waals surface area (Å²) in [5, 5.41) is 5.82. The van der Waals surface area contributed by atoms with Gasteiger partial charge in [-0.05, 0) is 29.8 Å². The van der Waals surface area contributed by atoms with Gasteiger partial charge < -0.3 is 0 Å². The summed E-state index contributed by atoms with van der Waals surface area (Å²) in [6, 6.07) is 15.4. The minimum Gasteiger partial charge on any atom is -0.272 e. The van der Waals surface area contributed by atoms with Crippen molar-refractivity contribution in [3.63, 3.8) is 0 Å². The average molecular weight is 322 g/mol. The van der Waals surface area contributed by atoms with Crippen LogP contribution in [0.5, 0.6) is 0 Å². The maximum Gasteiger partial charge on any atom is 0.250 e. The first-order valence-electron chi connectivity index (χ1n) is 7.02. The van der Waals surface area contributed by atoms with E-state index in [1.807, 2.05) is 48.5 Å². The molecule has 1 amide bonds. The van der Waals surface area contributed by atoms with Crippen LogP contribution in [0.25, 0.3) is 10.9 Å². The van der Waals surface area contributed by atoms with Gasteiger partial charge in [0.15, 0.2) is 0 Å². The van der Waals surface area contributed by atoms with E-state index in [9.17, 15) is 4.79 Å². The first kappa shape index (κ1) is 15.2. The highest BCUT2D eigenvalue weighted by atomic mass is 32.2. The number of nitrogens with zero attached hydrogens (tertiary/aromatic N) is 3. The zero-order chi connectivity index (χ0) is 15.9. The van der Waals surface area contributed by atoms with Gasteiger partial charge in [0.25, 0.3) is 0 Å². The first-order valence-corrected chi connectivity index (χ1v) is 8.00. The van der Waals surface area contributed by atoms with Crippen LogP contribution in [0.3, 0.4) is 0 Å². The number of hydrogen-bond donors (Lipinski definition) is 1. The Bertz CT molecular complexity index is 836. The predicted octanol–water partition coefficient (Wildman–Crippen LogP) is 2.87. The van der Waals surface area contributed by atoms with Crippen molar-refractivity contribution in [1.82, 2.24) is 15.4 Å². The summed E-state index contributed by atoms with van der Waals surface area (Å²) in [7, 11) is 0. The molecule has 1 N–H and O–H groups in total. The fourth-order valence-corrected chi connectivity index (χ4v) is 2.60. The summed E-state index contributed by atoms with van der Waals surface area (Å²) in [4.78, 5) is 20.2. The number of rotatable bonds is 5. The molecule has 0 aliphatic rings. The summed E-state index contributed by atoms with van der Waals surface area (Å²) >= 11 is 1.38. The third-order valence-corrected chi connectivity index (χ3v) is 3.96. The molecule has 0 spiro atoms. The zero-order valence-electron chi connectivity index (χ0n) is 12.2. The number of hydrogen-bond acceptors (Lipinski definition) is 5. The first-order chi connectivity index (χ1) is 11.3. The van der Waals surface area contributed by atoms with Crippen molar-refractivity contribution < 1.29 is 4.79 Å². The lowest BCUT2D eigenvalue weighted by Crippen LogP contribution is -2.19. The highest BCUT2D eigenvalue weighted by Gasteiger charge is 2.03. The van der Waals surface area contributed by atoms with Crippen LogP contribution < -0.4 is 5.43 Å². The molecular weight excluding hydrogens is 308 g/mol. The van der Waals surface area contributed by atoms with Crippen molar-refractivity contribution in [3.05, 3.63) is 66.5 Å². The number of hydrazone groups is 1. The van der Waals surface area contributed by atoms with Crippen LogP contribution in [-0.4, -0.2) is 27.8 Å². The fourth-order valence-electron chi connectivity index (χ4n) is 1.93. The third kappa shape index (κ3) is 4.37. The average Bonchev–Trinajstić information content (AvgIpc) is 2.61. The van der Waals surface area contributed by atoms with Crippen molar-refractivity contribution in [2.45, 2.75) is 5.03 Å². The van der Waals surface area contributed by atoms with Gasteiger partial charge in [0.2, 0.25) is 5.91 Å². The van der Waals surface area contributed by atoms with Crippen LogP contribution >= 0.6 is 11.8 Å². The largest absolute Gasteiger partial charge is 0.272 e. The maximum atomic E-state index is 11.8. The van der Waals surface area contributed by atoms with Crippen molar-refractivity contribution in [1.29, 1.82) is 0 Å². The predicted molar refractivity (Wildman–Crippen MR) is 92.4 cm³/mol. The molecule has 0 unspecified atom stereocenters. The van der Waals surface area contributed by atoms with Crippen LogP contribution in [0.1, 0.15) is 5.56 Å².